The Labute approximate surface area is 181 Å². The molecule has 0 aliphatic carbocycles. The Hall–Kier alpha value is -2.52. The number of amides is 1. The summed E-state index contributed by atoms with van der Waals surface area (Å²) in [6, 6.07) is 15.2. The van der Waals surface area contributed by atoms with Gasteiger partial charge < -0.3 is 10.8 Å². The Morgan fingerprint density at radius 1 is 1.20 bits per heavy atom. The molecule has 4 rings (SSSR count). The first-order valence-electron chi connectivity index (χ1n) is 9.20. The lowest BCUT2D eigenvalue weighted by molar-refractivity contribution is -0.113. The average molecular weight is 440 g/mol. The highest BCUT2D eigenvalue weighted by Crippen LogP contribution is 2.42. The number of nitrogens with two attached hydrogens (primary N) is 1. The normalized spacial score (nSPS) is 17.4. The van der Waals surface area contributed by atoms with Gasteiger partial charge in [-0.05, 0) is 35.9 Å². The highest BCUT2D eigenvalue weighted by molar-refractivity contribution is 8.41. The highest BCUT2D eigenvalue weighted by Gasteiger charge is 2.29. The number of carbonyl (C=O) groups is 1. The van der Waals surface area contributed by atoms with Gasteiger partial charge in [0.25, 0.3) is 5.91 Å². The summed E-state index contributed by atoms with van der Waals surface area (Å²) in [6.07, 6.45) is 3.51. The third kappa shape index (κ3) is 4.46. The second kappa shape index (κ2) is 9.09. The minimum absolute atomic E-state index is 0.314. The maximum atomic E-state index is 14.3. The highest BCUT2D eigenvalue weighted by atomic mass is 32.2. The van der Waals surface area contributed by atoms with E-state index in [0.717, 1.165) is 16.5 Å². The molecule has 0 saturated carbocycles. The summed E-state index contributed by atoms with van der Waals surface area (Å²) in [5.41, 5.74) is 8.15. The number of aliphatic hydroxyl groups is 1. The summed E-state index contributed by atoms with van der Waals surface area (Å²) >= 11 is 2.41. The van der Waals surface area contributed by atoms with Crippen LogP contribution in [-0.4, -0.2) is 33.0 Å². The van der Waals surface area contributed by atoms with E-state index >= 15 is 0 Å². The molecule has 8 heteroatoms. The maximum absolute atomic E-state index is 14.3. The second-order valence-corrected chi connectivity index (χ2v) is 9.07. The number of pyridine rings is 1. The molecule has 3 aromatic rings. The van der Waals surface area contributed by atoms with Crippen molar-refractivity contribution in [3.8, 4) is 0 Å². The van der Waals surface area contributed by atoms with E-state index in [1.54, 1.807) is 30.5 Å². The number of hydrogen-bond donors (Lipinski definition) is 2. The van der Waals surface area contributed by atoms with E-state index in [9.17, 15) is 14.3 Å². The minimum Gasteiger partial charge on any atom is -0.395 e. The zero-order valence-corrected chi connectivity index (χ0v) is 17.4. The van der Waals surface area contributed by atoms with E-state index in [2.05, 4.69) is 9.98 Å². The van der Waals surface area contributed by atoms with E-state index in [4.69, 9.17) is 5.73 Å². The number of carbonyl (C=O) groups excluding carboxylic acids is 1. The van der Waals surface area contributed by atoms with Crippen LogP contribution in [0.15, 0.2) is 70.7 Å². The molecule has 2 heterocycles. The van der Waals surface area contributed by atoms with Gasteiger partial charge in [-0.2, -0.15) is 4.99 Å². The van der Waals surface area contributed by atoms with E-state index in [-0.39, 0.29) is 12.5 Å². The summed E-state index contributed by atoms with van der Waals surface area (Å²) in [4.78, 5) is 21.3. The smallest absolute Gasteiger partial charge is 0.285 e. The molecule has 0 bridgehead atoms. The zero-order chi connectivity index (χ0) is 21.1. The molecule has 3 N–H and O–H groups in total. The van der Waals surface area contributed by atoms with Gasteiger partial charge in [0.1, 0.15) is 10.2 Å². The van der Waals surface area contributed by atoms with Crippen molar-refractivity contribution in [1.29, 1.82) is 0 Å². The fourth-order valence-corrected chi connectivity index (χ4v) is 5.42. The van der Waals surface area contributed by atoms with Crippen LogP contribution in [0, 0.1) is 5.82 Å². The van der Waals surface area contributed by atoms with Crippen LogP contribution in [0.3, 0.4) is 0 Å². The molecule has 1 amide bonds. The number of aliphatic hydroxyl groups excluding tert-OH is 1. The number of thioether (sulfide) groups is 2. The van der Waals surface area contributed by atoms with E-state index < -0.39 is 17.1 Å². The number of aromatic nitrogens is 1. The third-order valence-corrected chi connectivity index (χ3v) is 7.03. The van der Waals surface area contributed by atoms with E-state index in [0.29, 0.717) is 14.8 Å². The Morgan fingerprint density at radius 3 is 2.83 bits per heavy atom. The topological polar surface area (TPSA) is 88.6 Å². The molecule has 2 aromatic carbocycles. The van der Waals surface area contributed by atoms with Crippen LogP contribution in [0.25, 0.3) is 17.0 Å². The predicted molar refractivity (Wildman–Crippen MR) is 122 cm³/mol. The number of hydrogen-bond acceptors (Lipinski definition) is 6. The lowest BCUT2D eigenvalue weighted by Gasteiger charge is -2.22. The van der Waals surface area contributed by atoms with Crippen molar-refractivity contribution in [2.45, 2.75) is 11.3 Å². The van der Waals surface area contributed by atoms with Crippen molar-refractivity contribution in [2.24, 2.45) is 10.7 Å². The number of aliphatic imine (C=N–C) groups is 1. The quantitative estimate of drug-likeness (QED) is 0.581. The molecule has 152 valence electrons. The van der Waals surface area contributed by atoms with Crippen molar-refractivity contribution >= 4 is 50.8 Å². The van der Waals surface area contributed by atoms with Gasteiger partial charge in [-0.3, -0.25) is 9.78 Å². The fourth-order valence-electron chi connectivity index (χ4n) is 3.07. The first-order chi connectivity index (χ1) is 14.5. The summed E-state index contributed by atoms with van der Waals surface area (Å²) < 4.78 is 14.8. The number of halogens is 1. The van der Waals surface area contributed by atoms with E-state index in [1.165, 1.54) is 29.6 Å². The van der Waals surface area contributed by atoms with Gasteiger partial charge >= 0.3 is 0 Å². The monoisotopic (exact) mass is 439 g/mol. The van der Waals surface area contributed by atoms with Crippen molar-refractivity contribution in [3.63, 3.8) is 0 Å². The second-order valence-electron chi connectivity index (χ2n) is 6.66. The number of benzene rings is 2. The van der Waals surface area contributed by atoms with Gasteiger partial charge in [0.2, 0.25) is 0 Å². The van der Waals surface area contributed by atoms with Crippen LogP contribution in [0.5, 0.6) is 0 Å². The summed E-state index contributed by atoms with van der Waals surface area (Å²) in [7, 11) is 0. The summed E-state index contributed by atoms with van der Waals surface area (Å²) in [5, 5.41) is 9.94. The van der Waals surface area contributed by atoms with Crippen molar-refractivity contribution in [3.05, 3.63) is 82.6 Å². The Morgan fingerprint density at radius 2 is 2.03 bits per heavy atom. The number of rotatable bonds is 5. The average Bonchev–Trinajstić information content (AvgIpc) is 3.10. The maximum Gasteiger partial charge on any atom is 0.285 e. The Bertz CT molecular complexity index is 1170. The minimum atomic E-state index is -0.702. The van der Waals surface area contributed by atoms with Crippen LogP contribution in [0.4, 0.5) is 4.39 Å². The first kappa shape index (κ1) is 20.7. The SMILES string of the molecule is N[C@H](CO)C(SC1=NC(=O)C(=Cc2ccc3ncccc3c2)S1)c1ccccc1F. The first-order valence-corrected chi connectivity index (χ1v) is 10.9. The molecule has 2 atom stereocenters. The third-order valence-electron chi connectivity index (χ3n) is 4.56. The van der Waals surface area contributed by atoms with Crippen LogP contribution >= 0.6 is 23.5 Å². The van der Waals surface area contributed by atoms with Gasteiger partial charge in [-0.1, -0.05) is 53.9 Å². The molecule has 0 radical (unpaired) electrons. The molecule has 0 spiro atoms. The van der Waals surface area contributed by atoms with Gasteiger partial charge in [-0.25, -0.2) is 4.39 Å². The van der Waals surface area contributed by atoms with Crippen LogP contribution in [0.1, 0.15) is 16.4 Å². The molecule has 1 aliphatic heterocycles. The molecule has 0 saturated heterocycles. The van der Waals surface area contributed by atoms with Gasteiger partial charge in [0.05, 0.1) is 22.3 Å². The molecular weight excluding hydrogens is 421 g/mol. The number of nitrogens with zero attached hydrogens (tertiary/aromatic N) is 2. The Balaban J connectivity index is 1.56. The molecular formula is C22H18FN3O2S2. The van der Waals surface area contributed by atoms with Crippen LogP contribution in [-0.2, 0) is 4.79 Å². The van der Waals surface area contributed by atoms with Crippen LogP contribution < -0.4 is 5.73 Å². The standard InChI is InChI=1S/C22H18FN3O2S2/c23-16-6-2-1-5-15(16)20(17(24)12-27)30-22-26-21(28)19(29-22)11-13-7-8-18-14(10-13)4-3-9-25-18/h1-11,17,20,27H,12,24H2/t17-,20?/m1/s1. The molecule has 1 aliphatic rings. The summed E-state index contributed by atoms with van der Waals surface area (Å²) in [5.74, 6) is -0.756. The lowest BCUT2D eigenvalue weighted by Crippen LogP contribution is -2.31. The zero-order valence-electron chi connectivity index (χ0n) is 15.7. The predicted octanol–water partition coefficient (Wildman–Crippen LogP) is 4.14. The largest absolute Gasteiger partial charge is 0.395 e. The molecule has 1 aromatic heterocycles. The molecule has 0 fully saturated rings. The molecule has 30 heavy (non-hydrogen) atoms. The van der Waals surface area contributed by atoms with Gasteiger partial charge in [-0.15, -0.1) is 0 Å². The number of fused-ring (bicyclic) bond motifs is 1. The van der Waals surface area contributed by atoms with Crippen LogP contribution in [0.2, 0.25) is 0 Å². The lowest BCUT2D eigenvalue weighted by atomic mass is 10.1. The molecule has 5 nitrogen and oxygen atoms in total. The Kier molecular flexibility index (Phi) is 6.29. The van der Waals surface area contributed by atoms with Gasteiger partial charge in [0, 0.05) is 23.2 Å². The van der Waals surface area contributed by atoms with Gasteiger partial charge in [0.15, 0.2) is 0 Å². The van der Waals surface area contributed by atoms with Crippen molar-refractivity contribution in [1.82, 2.24) is 4.98 Å². The summed E-state index contributed by atoms with van der Waals surface area (Å²) in [6.45, 7) is -0.314. The fraction of sp³-hybridized carbons (Fsp3) is 0.136. The van der Waals surface area contributed by atoms with Crippen molar-refractivity contribution < 1.29 is 14.3 Å². The molecule has 1 unspecified atom stereocenters. The van der Waals surface area contributed by atoms with E-state index in [1.807, 2.05) is 30.3 Å². The van der Waals surface area contributed by atoms with Crippen molar-refractivity contribution in [2.75, 3.05) is 6.61 Å².